The van der Waals surface area contributed by atoms with Crippen molar-refractivity contribution >= 4 is 17.4 Å². The lowest BCUT2D eigenvalue weighted by atomic mass is 10.1. The van der Waals surface area contributed by atoms with Crippen LogP contribution in [0.3, 0.4) is 0 Å². The molecule has 0 radical (unpaired) electrons. The monoisotopic (exact) mass is 482 g/mol. The Labute approximate surface area is 211 Å². The van der Waals surface area contributed by atoms with Gasteiger partial charge in [-0.05, 0) is 64.8 Å². The van der Waals surface area contributed by atoms with Gasteiger partial charge < -0.3 is 24.6 Å². The van der Waals surface area contributed by atoms with Crippen LogP contribution in [0.25, 0.3) is 0 Å². The van der Waals surface area contributed by atoms with E-state index in [1.54, 1.807) is 7.11 Å². The number of piperazine rings is 1. The number of hydrogen-bond donors (Lipinski definition) is 1. The number of methoxy groups -OCH3 is 1. The number of urea groups is 1. The van der Waals surface area contributed by atoms with Crippen LogP contribution >= 0.6 is 0 Å². The average molecular weight is 483 g/mol. The Balaban J connectivity index is 1.58. The largest absolute Gasteiger partial charge is 0.493 e. The number of nitrogens with one attached hydrogen (secondary N) is 1. The molecule has 1 N–H and O–H groups in total. The number of carbonyl (C=O) groups is 1. The van der Waals surface area contributed by atoms with Crippen molar-refractivity contribution in [2.45, 2.75) is 53.6 Å². The van der Waals surface area contributed by atoms with Gasteiger partial charge in [0, 0.05) is 62.2 Å². The maximum atomic E-state index is 13.0. The Kier molecular flexibility index (Phi) is 9.26. The maximum Gasteiger partial charge on any atom is 0.321 e. The minimum Gasteiger partial charge on any atom is -0.493 e. The second kappa shape index (κ2) is 12.2. The van der Waals surface area contributed by atoms with Crippen LogP contribution < -0.4 is 19.7 Å². The molecular weight excluding hydrogens is 440 g/mol. The molecule has 1 heterocycles. The van der Waals surface area contributed by atoms with Gasteiger partial charge in [0.25, 0.3) is 0 Å². The van der Waals surface area contributed by atoms with Crippen molar-refractivity contribution in [3.8, 4) is 11.5 Å². The van der Waals surface area contributed by atoms with Crippen molar-refractivity contribution in [2.75, 3.05) is 56.7 Å². The number of rotatable bonds is 9. The van der Waals surface area contributed by atoms with Gasteiger partial charge in [-0.15, -0.1) is 0 Å². The van der Waals surface area contributed by atoms with E-state index in [0.29, 0.717) is 49.0 Å². The lowest BCUT2D eigenvalue weighted by molar-refractivity contribution is 0.140. The molecule has 3 rings (SSSR count). The number of nitrogens with zero attached hydrogens (tertiary/aromatic N) is 3. The van der Waals surface area contributed by atoms with E-state index < -0.39 is 0 Å². The summed E-state index contributed by atoms with van der Waals surface area (Å²) < 4.78 is 11.6. The van der Waals surface area contributed by atoms with Crippen molar-refractivity contribution in [1.29, 1.82) is 0 Å². The topological polar surface area (TPSA) is 57.3 Å². The summed E-state index contributed by atoms with van der Waals surface area (Å²) >= 11 is 0. The number of carbonyl (C=O) groups excluding carboxylic acids is 1. The number of amides is 2. The maximum absolute atomic E-state index is 13.0. The van der Waals surface area contributed by atoms with Crippen molar-refractivity contribution < 1.29 is 14.3 Å². The third-order valence-electron chi connectivity index (χ3n) is 6.67. The smallest absolute Gasteiger partial charge is 0.321 e. The van der Waals surface area contributed by atoms with Gasteiger partial charge in [-0.25, -0.2) is 4.79 Å². The number of aryl methyl sites for hydroxylation is 2. The molecule has 2 amide bonds. The van der Waals surface area contributed by atoms with Gasteiger partial charge >= 0.3 is 6.03 Å². The van der Waals surface area contributed by atoms with Crippen LogP contribution in [0.1, 0.15) is 38.8 Å². The van der Waals surface area contributed by atoms with Crippen LogP contribution in [0, 0.1) is 13.8 Å². The molecule has 1 aliphatic rings. The first-order valence-corrected chi connectivity index (χ1v) is 12.6. The van der Waals surface area contributed by atoms with Gasteiger partial charge in [-0.3, -0.25) is 4.90 Å². The molecule has 1 aliphatic heterocycles. The summed E-state index contributed by atoms with van der Waals surface area (Å²) in [5.74, 6) is 1.29. The summed E-state index contributed by atoms with van der Waals surface area (Å²) in [6.45, 7) is 17.4. The van der Waals surface area contributed by atoms with E-state index in [2.05, 4.69) is 74.9 Å². The molecule has 7 nitrogen and oxygen atoms in total. The number of benzene rings is 2. The lowest BCUT2D eigenvalue weighted by Crippen LogP contribution is -2.50. The third-order valence-corrected chi connectivity index (χ3v) is 6.67. The van der Waals surface area contributed by atoms with E-state index >= 15 is 0 Å². The summed E-state index contributed by atoms with van der Waals surface area (Å²) in [5.41, 5.74) is 4.54. The molecule has 2 aromatic carbocycles. The molecule has 0 bridgehead atoms. The van der Waals surface area contributed by atoms with Crippen molar-refractivity contribution in [3.05, 3.63) is 47.5 Å². The molecule has 0 spiro atoms. The summed E-state index contributed by atoms with van der Waals surface area (Å²) in [6, 6.07) is 12.7. The van der Waals surface area contributed by atoms with Gasteiger partial charge in [0.15, 0.2) is 11.5 Å². The first-order valence-electron chi connectivity index (χ1n) is 12.6. The number of hydrogen-bond acceptors (Lipinski definition) is 5. The number of para-hydroxylation sites is 1. The molecule has 0 aromatic heterocycles. The van der Waals surface area contributed by atoms with E-state index in [-0.39, 0.29) is 6.03 Å². The quantitative estimate of drug-likeness (QED) is 0.535. The minimum absolute atomic E-state index is 0.0898. The predicted octanol–water partition coefficient (Wildman–Crippen LogP) is 5.16. The zero-order chi connectivity index (χ0) is 25.5. The van der Waals surface area contributed by atoms with E-state index in [9.17, 15) is 4.79 Å². The van der Waals surface area contributed by atoms with E-state index in [0.717, 1.165) is 19.6 Å². The average Bonchev–Trinajstić information content (AvgIpc) is 2.81. The van der Waals surface area contributed by atoms with Crippen LogP contribution in [0.15, 0.2) is 36.4 Å². The molecule has 1 fully saturated rings. The first-order chi connectivity index (χ1) is 16.7. The fourth-order valence-electron chi connectivity index (χ4n) is 4.88. The first kappa shape index (κ1) is 26.7. The second-order valence-corrected chi connectivity index (χ2v) is 9.78. The van der Waals surface area contributed by atoms with E-state index in [4.69, 9.17) is 9.47 Å². The molecule has 192 valence electrons. The van der Waals surface area contributed by atoms with Crippen molar-refractivity contribution in [1.82, 2.24) is 9.80 Å². The van der Waals surface area contributed by atoms with Crippen molar-refractivity contribution in [2.24, 2.45) is 0 Å². The molecule has 0 unspecified atom stereocenters. The highest BCUT2D eigenvalue weighted by Crippen LogP contribution is 2.31. The standard InChI is InChI=1S/C28H42N4O3/c1-20(2)32(21(3)4)17-18-35-26-19-24(11-12-25(26)34-7)29-28(33)31-15-13-30(14-16-31)27-22(5)9-8-10-23(27)6/h8-12,19-21H,13-18H2,1-7H3,(H,29,33). The summed E-state index contributed by atoms with van der Waals surface area (Å²) in [5, 5.41) is 3.04. The Morgan fingerprint density at radius 2 is 1.60 bits per heavy atom. The fraction of sp³-hybridized carbons (Fsp3) is 0.536. The normalized spacial score (nSPS) is 14.1. The predicted molar refractivity (Wildman–Crippen MR) is 144 cm³/mol. The van der Waals surface area contributed by atoms with Crippen LogP contribution in [0.5, 0.6) is 11.5 Å². The van der Waals surface area contributed by atoms with Crippen LogP contribution in [0.4, 0.5) is 16.2 Å². The van der Waals surface area contributed by atoms with E-state index in [1.807, 2.05) is 23.1 Å². The lowest BCUT2D eigenvalue weighted by Gasteiger charge is -2.37. The highest BCUT2D eigenvalue weighted by molar-refractivity contribution is 5.90. The van der Waals surface area contributed by atoms with Gasteiger partial charge in [0.05, 0.1) is 7.11 Å². The van der Waals surface area contributed by atoms with Crippen LogP contribution in [-0.2, 0) is 0 Å². The molecule has 1 saturated heterocycles. The fourth-order valence-corrected chi connectivity index (χ4v) is 4.88. The van der Waals surface area contributed by atoms with Gasteiger partial charge in [0.2, 0.25) is 0 Å². The van der Waals surface area contributed by atoms with Crippen LogP contribution in [0.2, 0.25) is 0 Å². The molecule has 7 heteroatoms. The van der Waals surface area contributed by atoms with Crippen molar-refractivity contribution in [3.63, 3.8) is 0 Å². The summed E-state index contributed by atoms with van der Waals surface area (Å²) in [6.07, 6.45) is 0. The SMILES string of the molecule is COc1ccc(NC(=O)N2CCN(c3c(C)cccc3C)CC2)cc1OCCN(C(C)C)C(C)C. The minimum atomic E-state index is -0.0898. The molecular formula is C28H42N4O3. The third kappa shape index (κ3) is 6.82. The Morgan fingerprint density at radius 1 is 0.971 bits per heavy atom. The molecule has 2 aromatic rings. The molecule has 0 saturated carbocycles. The molecule has 0 aliphatic carbocycles. The Bertz CT molecular complexity index is 956. The zero-order valence-corrected chi connectivity index (χ0v) is 22.4. The Morgan fingerprint density at radius 3 is 2.17 bits per heavy atom. The molecule has 35 heavy (non-hydrogen) atoms. The second-order valence-electron chi connectivity index (χ2n) is 9.78. The molecule has 0 atom stereocenters. The van der Waals surface area contributed by atoms with Gasteiger partial charge in [0.1, 0.15) is 6.61 Å². The summed E-state index contributed by atoms with van der Waals surface area (Å²) in [7, 11) is 1.63. The van der Waals surface area contributed by atoms with E-state index in [1.165, 1.54) is 16.8 Å². The summed E-state index contributed by atoms with van der Waals surface area (Å²) in [4.78, 5) is 19.6. The highest BCUT2D eigenvalue weighted by Gasteiger charge is 2.23. The van der Waals surface area contributed by atoms with Gasteiger partial charge in [-0.2, -0.15) is 0 Å². The Hall–Kier alpha value is -2.93. The number of ether oxygens (including phenoxy) is 2. The van der Waals surface area contributed by atoms with Gasteiger partial charge in [-0.1, -0.05) is 18.2 Å². The highest BCUT2D eigenvalue weighted by atomic mass is 16.5. The number of anilines is 2. The zero-order valence-electron chi connectivity index (χ0n) is 22.4. The van der Waals surface area contributed by atoms with Crippen LogP contribution in [-0.4, -0.2) is 74.4 Å².